The van der Waals surface area contributed by atoms with Crippen molar-refractivity contribution >= 4 is 55.7 Å². The molecule has 2 heteroatoms. The smallest absolute Gasteiger partial charge is 0.0619 e. The minimum atomic E-state index is -0.282. The summed E-state index contributed by atoms with van der Waals surface area (Å²) in [6.45, 7) is 23.4. The molecule has 0 aliphatic carbocycles. The van der Waals surface area contributed by atoms with E-state index < -0.39 is 0 Å². The number of anilines is 6. The second kappa shape index (κ2) is 26.2. The van der Waals surface area contributed by atoms with Gasteiger partial charge in [-0.25, -0.2) is 0 Å². The molecule has 2 atom stereocenters. The van der Waals surface area contributed by atoms with Crippen molar-refractivity contribution in [3.63, 3.8) is 0 Å². The van der Waals surface area contributed by atoms with E-state index in [2.05, 4.69) is 394 Å². The molecule has 13 aromatic rings. The largest absolute Gasteiger partial charge is 0.309 e. The van der Waals surface area contributed by atoms with Crippen LogP contribution in [-0.2, 0) is 21.7 Å². The molecular formula is C92H88N2. The molecule has 2 unspecified atom stereocenters. The van der Waals surface area contributed by atoms with Crippen LogP contribution in [0.15, 0.2) is 315 Å². The third kappa shape index (κ3) is 12.2. The number of hydrogen-bond donors (Lipinski definition) is 0. The van der Waals surface area contributed by atoms with E-state index in [1.807, 2.05) is 0 Å². The summed E-state index contributed by atoms with van der Waals surface area (Å²) in [4.78, 5) is 5.02. The van der Waals surface area contributed by atoms with Gasteiger partial charge in [-0.2, -0.15) is 0 Å². The standard InChI is InChI=1S/C92H88N2/c1-11-66(68-28-16-12-17-29-68)64-65(2)67-40-42-69(43-41-67)70-44-46-74(47-45-70)92(9,10)78-54-62-82(63-55-78)94(81-60-52-77(53-61-81)91(7,8)73-34-22-15-23-35-73)88-85-38-26-24-36-83(85)87(84-37-25-27-39-86(84)88)93(79-56-48-75(49-57-79)89(3,4)71-30-18-13-19-31-71)80-58-50-76(51-59-80)90(5,6)72-32-20-14-21-33-72/h12-63,65-66H,11,64H2,1-10H3. The Labute approximate surface area is 559 Å². The number of benzene rings is 13. The molecular weight excluding hydrogens is 1130 g/mol. The summed E-state index contributed by atoms with van der Waals surface area (Å²) in [5.74, 6) is 1.02. The van der Waals surface area contributed by atoms with E-state index in [1.165, 1.54) is 66.8 Å². The van der Waals surface area contributed by atoms with Crippen molar-refractivity contribution in [2.24, 2.45) is 0 Å². The van der Waals surface area contributed by atoms with Gasteiger partial charge in [-0.05, 0) is 140 Å². The van der Waals surface area contributed by atoms with Crippen molar-refractivity contribution in [2.75, 3.05) is 9.80 Å². The summed E-state index contributed by atoms with van der Waals surface area (Å²) in [5.41, 5.74) is 21.2. The molecule has 466 valence electrons. The van der Waals surface area contributed by atoms with Gasteiger partial charge in [0.05, 0.1) is 11.4 Å². The van der Waals surface area contributed by atoms with E-state index in [9.17, 15) is 0 Å². The van der Waals surface area contributed by atoms with Crippen molar-refractivity contribution in [3.8, 4) is 11.1 Å². The highest BCUT2D eigenvalue weighted by Gasteiger charge is 2.31. The van der Waals surface area contributed by atoms with Crippen LogP contribution in [0.4, 0.5) is 34.1 Å². The fraction of sp³-hybridized carbons (Fsp3) is 0.196. The van der Waals surface area contributed by atoms with E-state index in [4.69, 9.17) is 0 Å². The van der Waals surface area contributed by atoms with E-state index in [0.29, 0.717) is 11.8 Å². The molecule has 0 fully saturated rings. The van der Waals surface area contributed by atoms with E-state index in [0.717, 1.165) is 68.5 Å². The molecule has 0 saturated heterocycles. The molecule has 0 heterocycles. The number of rotatable bonds is 20. The zero-order valence-corrected chi connectivity index (χ0v) is 56.5. The summed E-state index contributed by atoms with van der Waals surface area (Å²) in [7, 11) is 0. The quantitative estimate of drug-likeness (QED) is 0.0554. The van der Waals surface area contributed by atoms with Gasteiger partial charge in [-0.3, -0.25) is 0 Å². The topological polar surface area (TPSA) is 6.48 Å². The van der Waals surface area contributed by atoms with Gasteiger partial charge in [0.2, 0.25) is 0 Å². The Balaban J connectivity index is 0.906. The fourth-order valence-corrected chi connectivity index (χ4v) is 14.6. The molecule has 0 amide bonds. The Kier molecular flexibility index (Phi) is 17.5. The summed E-state index contributed by atoms with van der Waals surface area (Å²) in [6, 6.07) is 118. The Morgan fingerprint density at radius 2 is 0.489 bits per heavy atom. The first-order valence-electron chi connectivity index (χ1n) is 33.9. The zero-order chi connectivity index (χ0) is 65.2. The maximum atomic E-state index is 2.52. The van der Waals surface area contributed by atoms with Crippen molar-refractivity contribution in [3.05, 3.63) is 371 Å². The van der Waals surface area contributed by atoms with Crippen LogP contribution in [0.25, 0.3) is 32.7 Å². The summed E-state index contributed by atoms with van der Waals surface area (Å²) in [6.07, 6.45) is 2.28. The molecule has 2 nitrogen and oxygen atoms in total. The minimum absolute atomic E-state index is 0.204. The highest BCUT2D eigenvalue weighted by atomic mass is 15.2. The Hall–Kier alpha value is -10.0. The van der Waals surface area contributed by atoms with Crippen LogP contribution in [0.3, 0.4) is 0 Å². The Morgan fingerprint density at radius 3 is 0.766 bits per heavy atom. The number of nitrogens with zero attached hydrogens (tertiary/aromatic N) is 2. The van der Waals surface area contributed by atoms with E-state index in [-0.39, 0.29) is 21.7 Å². The van der Waals surface area contributed by atoms with Crippen LogP contribution in [0.5, 0.6) is 0 Å². The van der Waals surface area contributed by atoms with Gasteiger partial charge in [0, 0.05) is 66.0 Å². The van der Waals surface area contributed by atoms with Gasteiger partial charge in [-0.1, -0.05) is 336 Å². The van der Waals surface area contributed by atoms with Crippen molar-refractivity contribution in [1.82, 2.24) is 0 Å². The number of hydrogen-bond acceptors (Lipinski definition) is 2. The van der Waals surface area contributed by atoms with E-state index >= 15 is 0 Å². The molecule has 0 N–H and O–H groups in total. The van der Waals surface area contributed by atoms with Crippen LogP contribution in [-0.4, -0.2) is 0 Å². The second-order valence-electron chi connectivity index (χ2n) is 28.1. The first-order valence-corrected chi connectivity index (χ1v) is 33.9. The molecule has 0 aromatic heterocycles. The Bertz CT molecular complexity index is 4510. The van der Waals surface area contributed by atoms with Gasteiger partial charge >= 0.3 is 0 Å². The minimum Gasteiger partial charge on any atom is -0.309 e. The first kappa shape index (κ1) is 62.8. The third-order valence-electron chi connectivity index (χ3n) is 21.0. The van der Waals surface area contributed by atoms with Crippen LogP contribution >= 0.6 is 0 Å². The third-order valence-corrected chi connectivity index (χ3v) is 21.0. The van der Waals surface area contributed by atoms with Gasteiger partial charge in [-0.15, -0.1) is 0 Å². The van der Waals surface area contributed by atoms with Gasteiger partial charge < -0.3 is 9.80 Å². The predicted molar refractivity (Wildman–Crippen MR) is 403 cm³/mol. The highest BCUT2D eigenvalue weighted by Crippen LogP contribution is 2.52. The van der Waals surface area contributed by atoms with Crippen LogP contribution in [0.2, 0.25) is 0 Å². The predicted octanol–water partition coefficient (Wildman–Crippen LogP) is 25.6. The molecule has 0 spiro atoms. The first-order chi connectivity index (χ1) is 45.5. The molecule has 0 bridgehead atoms. The lowest BCUT2D eigenvalue weighted by Gasteiger charge is -2.34. The van der Waals surface area contributed by atoms with E-state index in [1.54, 1.807) is 0 Å². The van der Waals surface area contributed by atoms with Crippen LogP contribution in [0, 0.1) is 0 Å². The van der Waals surface area contributed by atoms with Crippen molar-refractivity contribution in [2.45, 2.75) is 116 Å². The van der Waals surface area contributed by atoms with Gasteiger partial charge in [0.25, 0.3) is 0 Å². The maximum absolute atomic E-state index is 2.52. The fourth-order valence-electron chi connectivity index (χ4n) is 14.6. The van der Waals surface area contributed by atoms with Crippen molar-refractivity contribution in [1.29, 1.82) is 0 Å². The number of fused-ring (bicyclic) bond motifs is 2. The van der Waals surface area contributed by atoms with Crippen LogP contribution in [0.1, 0.15) is 150 Å². The lowest BCUT2D eigenvalue weighted by Crippen LogP contribution is -2.20. The summed E-state index contributed by atoms with van der Waals surface area (Å²) >= 11 is 0. The maximum Gasteiger partial charge on any atom is 0.0619 e. The highest BCUT2D eigenvalue weighted by molar-refractivity contribution is 6.23. The van der Waals surface area contributed by atoms with Gasteiger partial charge in [0.1, 0.15) is 0 Å². The molecule has 13 aromatic carbocycles. The summed E-state index contributed by atoms with van der Waals surface area (Å²) < 4.78 is 0. The second-order valence-corrected chi connectivity index (χ2v) is 28.1. The molecule has 0 radical (unpaired) electrons. The average molecular weight is 1220 g/mol. The lowest BCUT2D eigenvalue weighted by atomic mass is 9.77. The molecule has 0 saturated carbocycles. The normalized spacial score (nSPS) is 12.8. The van der Waals surface area contributed by atoms with Gasteiger partial charge in [0.15, 0.2) is 0 Å². The monoisotopic (exact) mass is 1220 g/mol. The zero-order valence-electron chi connectivity index (χ0n) is 56.5. The molecule has 13 rings (SSSR count). The summed E-state index contributed by atoms with van der Waals surface area (Å²) in [5, 5.41) is 4.61. The molecule has 0 aliphatic heterocycles. The van der Waals surface area contributed by atoms with Crippen molar-refractivity contribution < 1.29 is 0 Å². The Morgan fingerprint density at radius 1 is 0.255 bits per heavy atom. The van der Waals surface area contributed by atoms with Crippen LogP contribution < -0.4 is 9.80 Å². The lowest BCUT2D eigenvalue weighted by molar-refractivity contribution is 0.544. The SMILES string of the molecule is CCC(CC(C)c1ccc(-c2ccc(C(C)(C)c3ccc(N(c4ccc(C(C)(C)c5ccccc5)cc4)c4c5ccccc5c(N(c5ccc(C(C)(C)c6ccccc6)cc5)c5ccc(C(C)(C)c6ccccc6)cc5)c5ccccc45)cc3)cc2)cc1)c1ccccc1. The average Bonchev–Trinajstić information content (AvgIpc) is 0.722. The molecule has 0 aliphatic rings. The molecule has 94 heavy (non-hydrogen) atoms.